The van der Waals surface area contributed by atoms with Crippen molar-refractivity contribution in [3.63, 3.8) is 0 Å². The molecule has 0 aliphatic heterocycles. The van der Waals surface area contributed by atoms with Crippen molar-refractivity contribution in [3.8, 4) is 0 Å². The highest BCUT2D eigenvalue weighted by molar-refractivity contribution is 7.98. The van der Waals surface area contributed by atoms with E-state index in [1.54, 1.807) is 24.7 Å². The summed E-state index contributed by atoms with van der Waals surface area (Å²) in [5.41, 5.74) is 0.958. The molecule has 0 N–H and O–H groups in total. The van der Waals surface area contributed by atoms with Gasteiger partial charge in [0.2, 0.25) is 0 Å². The van der Waals surface area contributed by atoms with Crippen LogP contribution >= 0.6 is 35.0 Å². The minimum absolute atomic E-state index is 0.360. The van der Waals surface area contributed by atoms with Gasteiger partial charge in [-0.3, -0.25) is 13.9 Å². The van der Waals surface area contributed by atoms with Crippen LogP contribution in [0, 0.1) is 0 Å². The Morgan fingerprint density at radius 3 is 2.25 bits per heavy atom. The average molecular weight is 385 g/mol. The van der Waals surface area contributed by atoms with Crippen molar-refractivity contribution >= 4 is 46.1 Å². The highest BCUT2D eigenvalue weighted by Gasteiger charge is 2.17. The minimum Gasteiger partial charge on any atom is -0.316 e. The van der Waals surface area contributed by atoms with Crippen LogP contribution in [0.3, 0.4) is 0 Å². The summed E-state index contributed by atoms with van der Waals surface area (Å²) in [5.74, 6) is 0.589. The third-order valence-electron chi connectivity index (χ3n) is 3.72. The van der Waals surface area contributed by atoms with Crippen LogP contribution < -0.4 is 11.2 Å². The lowest BCUT2D eigenvalue weighted by Crippen LogP contribution is -2.37. The standard InChI is InChI=1S/C15H14Cl2N4O2S/c1-19-11-12(20(2)15(23)21(3)13(11)22)18-14(19)24-7-8-4-9(16)6-10(17)5-8/h4-6H,7H2,1-3H3. The fourth-order valence-corrected chi connectivity index (χ4v) is 3.94. The lowest BCUT2D eigenvalue weighted by atomic mass is 10.2. The van der Waals surface area contributed by atoms with Crippen LogP contribution in [0.2, 0.25) is 10.0 Å². The van der Waals surface area contributed by atoms with Gasteiger partial charge in [-0.15, -0.1) is 0 Å². The van der Waals surface area contributed by atoms with E-state index in [0.717, 1.165) is 10.1 Å². The monoisotopic (exact) mass is 384 g/mol. The molecular weight excluding hydrogens is 371 g/mol. The Kier molecular flexibility index (Phi) is 4.50. The number of fused-ring (bicyclic) bond motifs is 1. The summed E-state index contributed by atoms with van der Waals surface area (Å²) in [6, 6.07) is 5.33. The van der Waals surface area contributed by atoms with Gasteiger partial charge < -0.3 is 4.57 Å². The molecule has 2 heterocycles. The molecule has 0 fully saturated rings. The van der Waals surface area contributed by atoms with Crippen LogP contribution in [0.4, 0.5) is 0 Å². The maximum Gasteiger partial charge on any atom is 0.332 e. The van der Waals surface area contributed by atoms with Gasteiger partial charge >= 0.3 is 5.69 Å². The van der Waals surface area contributed by atoms with Gasteiger partial charge in [-0.1, -0.05) is 35.0 Å². The molecule has 1 aromatic carbocycles. The summed E-state index contributed by atoms with van der Waals surface area (Å²) in [5, 5.41) is 1.78. The quantitative estimate of drug-likeness (QED) is 0.651. The fraction of sp³-hybridized carbons (Fsp3) is 0.267. The highest BCUT2D eigenvalue weighted by Crippen LogP contribution is 2.27. The van der Waals surface area contributed by atoms with E-state index in [1.165, 1.54) is 23.4 Å². The number of hydrogen-bond acceptors (Lipinski definition) is 4. The van der Waals surface area contributed by atoms with Crippen LogP contribution in [0.15, 0.2) is 32.9 Å². The van der Waals surface area contributed by atoms with Crippen molar-refractivity contribution in [1.82, 2.24) is 18.7 Å². The summed E-state index contributed by atoms with van der Waals surface area (Å²) < 4.78 is 4.15. The van der Waals surface area contributed by atoms with Gasteiger partial charge in [-0.05, 0) is 23.8 Å². The Labute approximate surface area is 151 Å². The molecular formula is C15H14Cl2N4O2S. The molecule has 0 atom stereocenters. The fourth-order valence-electron chi connectivity index (χ4n) is 2.47. The van der Waals surface area contributed by atoms with Crippen molar-refractivity contribution in [2.75, 3.05) is 0 Å². The molecule has 0 spiro atoms. The zero-order valence-corrected chi connectivity index (χ0v) is 15.5. The first kappa shape index (κ1) is 17.1. The van der Waals surface area contributed by atoms with E-state index in [9.17, 15) is 9.59 Å². The van der Waals surface area contributed by atoms with E-state index in [4.69, 9.17) is 23.2 Å². The zero-order valence-electron chi connectivity index (χ0n) is 13.2. The van der Waals surface area contributed by atoms with Gasteiger partial charge in [0.05, 0.1) is 0 Å². The van der Waals surface area contributed by atoms with Crippen molar-refractivity contribution in [3.05, 3.63) is 54.6 Å². The van der Waals surface area contributed by atoms with Crippen molar-refractivity contribution < 1.29 is 0 Å². The molecule has 0 amide bonds. The molecule has 0 unspecified atom stereocenters. The van der Waals surface area contributed by atoms with E-state index in [2.05, 4.69) is 4.98 Å². The van der Waals surface area contributed by atoms with Crippen LogP contribution in [-0.2, 0) is 26.9 Å². The van der Waals surface area contributed by atoms with Crippen LogP contribution in [0.1, 0.15) is 5.56 Å². The summed E-state index contributed by atoms with van der Waals surface area (Å²) in [4.78, 5) is 28.8. The first-order valence-corrected chi connectivity index (χ1v) is 8.74. The molecule has 6 nitrogen and oxygen atoms in total. The molecule has 9 heteroatoms. The molecule has 0 aliphatic rings. The molecule has 0 aliphatic carbocycles. The van der Waals surface area contributed by atoms with Gasteiger partial charge in [-0.2, -0.15) is 0 Å². The maximum absolute atomic E-state index is 12.3. The Bertz CT molecular complexity index is 1050. The third kappa shape index (κ3) is 2.87. The normalized spacial score (nSPS) is 11.4. The predicted molar refractivity (Wildman–Crippen MR) is 97.2 cm³/mol. The summed E-state index contributed by atoms with van der Waals surface area (Å²) in [6.45, 7) is 0. The maximum atomic E-state index is 12.3. The number of rotatable bonds is 3. The number of thioether (sulfide) groups is 1. The summed E-state index contributed by atoms with van der Waals surface area (Å²) in [7, 11) is 4.81. The second kappa shape index (κ2) is 6.31. The first-order chi connectivity index (χ1) is 11.3. The summed E-state index contributed by atoms with van der Waals surface area (Å²) in [6.07, 6.45) is 0. The van der Waals surface area contributed by atoms with Crippen LogP contribution in [0.5, 0.6) is 0 Å². The van der Waals surface area contributed by atoms with Gasteiger partial charge in [0.1, 0.15) is 0 Å². The van der Waals surface area contributed by atoms with E-state index >= 15 is 0 Å². The van der Waals surface area contributed by atoms with Crippen molar-refractivity contribution in [1.29, 1.82) is 0 Å². The number of nitrogens with zero attached hydrogens (tertiary/aromatic N) is 4. The first-order valence-electron chi connectivity index (χ1n) is 7.00. The number of aromatic nitrogens is 4. The Morgan fingerprint density at radius 2 is 1.62 bits per heavy atom. The van der Waals surface area contributed by atoms with E-state index in [1.807, 2.05) is 12.1 Å². The Balaban J connectivity index is 2.03. The van der Waals surface area contributed by atoms with E-state index in [-0.39, 0.29) is 5.56 Å². The molecule has 0 saturated carbocycles. The molecule has 3 rings (SSSR count). The molecule has 2 aromatic heterocycles. The second-order valence-corrected chi connectivity index (χ2v) is 7.21. The summed E-state index contributed by atoms with van der Waals surface area (Å²) >= 11 is 13.5. The van der Waals surface area contributed by atoms with Gasteiger partial charge in [0.15, 0.2) is 16.3 Å². The lowest BCUT2D eigenvalue weighted by molar-refractivity contribution is 0.705. The SMILES string of the molecule is Cn1c(=O)c2c(nc(SCc3cc(Cl)cc(Cl)c3)n2C)n(C)c1=O. The second-order valence-electron chi connectivity index (χ2n) is 5.40. The number of halogens is 2. The molecule has 0 bridgehead atoms. The third-order valence-corrected chi connectivity index (χ3v) is 5.26. The predicted octanol–water partition coefficient (Wildman–Crippen LogP) is 2.57. The van der Waals surface area contributed by atoms with E-state index in [0.29, 0.717) is 32.1 Å². The van der Waals surface area contributed by atoms with Crippen LogP contribution in [-0.4, -0.2) is 18.7 Å². The smallest absolute Gasteiger partial charge is 0.316 e. The molecule has 0 saturated heterocycles. The van der Waals surface area contributed by atoms with E-state index < -0.39 is 5.69 Å². The van der Waals surface area contributed by atoms with Gasteiger partial charge in [-0.25, -0.2) is 9.78 Å². The van der Waals surface area contributed by atoms with Gasteiger partial charge in [0.25, 0.3) is 5.56 Å². The molecule has 0 radical (unpaired) electrons. The largest absolute Gasteiger partial charge is 0.332 e. The topological polar surface area (TPSA) is 61.8 Å². The van der Waals surface area contributed by atoms with Gasteiger partial charge in [0, 0.05) is 36.9 Å². The number of hydrogen-bond donors (Lipinski definition) is 0. The average Bonchev–Trinajstić information content (AvgIpc) is 2.85. The van der Waals surface area contributed by atoms with Crippen molar-refractivity contribution in [2.45, 2.75) is 10.9 Å². The highest BCUT2D eigenvalue weighted by atomic mass is 35.5. The zero-order chi connectivity index (χ0) is 17.6. The lowest BCUT2D eigenvalue weighted by Gasteiger charge is -2.04. The Hall–Kier alpha value is -1.70. The van der Waals surface area contributed by atoms with Crippen molar-refractivity contribution in [2.24, 2.45) is 21.1 Å². The molecule has 3 aromatic rings. The minimum atomic E-state index is -0.399. The number of aryl methyl sites for hydroxylation is 2. The molecule has 126 valence electrons. The molecule has 24 heavy (non-hydrogen) atoms. The van der Waals surface area contributed by atoms with Crippen LogP contribution in [0.25, 0.3) is 11.2 Å². The number of imidazole rings is 1. The number of benzene rings is 1. The Morgan fingerprint density at radius 1 is 1.00 bits per heavy atom.